The smallest absolute Gasteiger partial charge is 0.0231 e. The molecule has 0 aromatic heterocycles. The molecular weight excluding hydrogens is 166 g/mol. The van der Waals surface area contributed by atoms with Gasteiger partial charge in [0, 0.05) is 18.1 Å². The number of hydrogen-bond donors (Lipinski definition) is 1. The zero-order valence-electron chi connectivity index (χ0n) is 6.99. The fourth-order valence-electron chi connectivity index (χ4n) is 1.42. The molecule has 0 spiro atoms. The SMILES string of the molecule is [HH].c1ccc(S[C@@H]2CCNC2)cc1. The molecule has 2 heteroatoms. The van der Waals surface area contributed by atoms with Crippen LogP contribution in [0.2, 0.25) is 0 Å². The van der Waals surface area contributed by atoms with E-state index in [9.17, 15) is 0 Å². The third kappa shape index (κ3) is 2.02. The molecule has 0 aliphatic carbocycles. The summed E-state index contributed by atoms with van der Waals surface area (Å²) in [6.45, 7) is 2.35. The Kier molecular flexibility index (Phi) is 2.69. The van der Waals surface area contributed by atoms with Gasteiger partial charge in [0.1, 0.15) is 0 Å². The molecule has 0 bridgehead atoms. The lowest BCUT2D eigenvalue weighted by Gasteiger charge is -2.06. The first-order valence-electron chi connectivity index (χ1n) is 4.37. The van der Waals surface area contributed by atoms with Gasteiger partial charge in [0.05, 0.1) is 0 Å². The maximum atomic E-state index is 3.37. The second-order valence-corrected chi connectivity index (χ2v) is 4.42. The number of rotatable bonds is 2. The van der Waals surface area contributed by atoms with E-state index in [0.717, 1.165) is 5.25 Å². The van der Waals surface area contributed by atoms with Gasteiger partial charge in [-0.05, 0) is 25.1 Å². The molecule has 2 rings (SSSR count). The van der Waals surface area contributed by atoms with Gasteiger partial charge in [0.25, 0.3) is 0 Å². The summed E-state index contributed by atoms with van der Waals surface area (Å²) >= 11 is 1.99. The van der Waals surface area contributed by atoms with Gasteiger partial charge >= 0.3 is 0 Å². The first-order chi connectivity index (χ1) is 5.95. The Balaban J connectivity index is 0.000000845. The normalized spacial score (nSPS) is 22.8. The van der Waals surface area contributed by atoms with Gasteiger partial charge in [-0.15, -0.1) is 11.8 Å². The van der Waals surface area contributed by atoms with Gasteiger partial charge in [-0.25, -0.2) is 0 Å². The zero-order chi connectivity index (χ0) is 8.23. The average Bonchev–Trinajstić information content (AvgIpc) is 2.59. The topological polar surface area (TPSA) is 12.0 Å². The van der Waals surface area contributed by atoms with E-state index in [1.807, 2.05) is 11.8 Å². The molecule has 0 amide bonds. The zero-order valence-corrected chi connectivity index (χ0v) is 7.81. The standard InChI is InChI=1S/C10H13NS.H2/c1-2-4-9(5-3-1)12-10-6-7-11-8-10;/h1-5,10-11H,6-8H2;1H/t10-;/m1./s1. The van der Waals surface area contributed by atoms with Crippen molar-refractivity contribution in [3.63, 3.8) is 0 Å². The van der Waals surface area contributed by atoms with Crippen LogP contribution >= 0.6 is 11.8 Å². The summed E-state index contributed by atoms with van der Waals surface area (Å²) in [4.78, 5) is 1.39. The second-order valence-electron chi connectivity index (χ2n) is 3.05. The summed E-state index contributed by atoms with van der Waals surface area (Å²) in [5.74, 6) is 0. The molecule has 0 saturated carbocycles. The predicted octanol–water partition coefficient (Wildman–Crippen LogP) is 2.39. The van der Waals surface area contributed by atoms with Crippen LogP contribution in [0.25, 0.3) is 0 Å². The Morgan fingerprint density at radius 1 is 1.33 bits per heavy atom. The number of benzene rings is 1. The van der Waals surface area contributed by atoms with Crippen molar-refractivity contribution < 1.29 is 1.43 Å². The molecule has 1 saturated heterocycles. The van der Waals surface area contributed by atoms with Crippen molar-refractivity contribution in [2.45, 2.75) is 16.6 Å². The summed E-state index contributed by atoms with van der Waals surface area (Å²) in [5.41, 5.74) is 0. The third-order valence-electron chi connectivity index (χ3n) is 2.06. The number of thioether (sulfide) groups is 1. The lowest BCUT2D eigenvalue weighted by molar-refractivity contribution is 0.858. The van der Waals surface area contributed by atoms with Crippen LogP contribution in [-0.2, 0) is 0 Å². The maximum absolute atomic E-state index is 3.37. The molecule has 12 heavy (non-hydrogen) atoms. The van der Waals surface area contributed by atoms with Crippen molar-refractivity contribution in [2.24, 2.45) is 0 Å². The summed E-state index contributed by atoms with van der Waals surface area (Å²) in [7, 11) is 0. The summed E-state index contributed by atoms with van der Waals surface area (Å²) in [5, 5.41) is 4.16. The highest BCUT2D eigenvalue weighted by molar-refractivity contribution is 8.00. The van der Waals surface area contributed by atoms with E-state index >= 15 is 0 Å². The molecule has 1 nitrogen and oxygen atoms in total. The van der Waals surface area contributed by atoms with Crippen LogP contribution in [0.4, 0.5) is 0 Å². The van der Waals surface area contributed by atoms with Crippen LogP contribution in [-0.4, -0.2) is 18.3 Å². The van der Waals surface area contributed by atoms with Gasteiger partial charge in [0.15, 0.2) is 0 Å². The Bertz CT molecular complexity index is 234. The number of hydrogen-bond acceptors (Lipinski definition) is 2. The average molecular weight is 181 g/mol. The van der Waals surface area contributed by atoms with Crippen LogP contribution in [0, 0.1) is 0 Å². The van der Waals surface area contributed by atoms with Gasteiger partial charge in [-0.3, -0.25) is 0 Å². The Morgan fingerprint density at radius 3 is 2.83 bits per heavy atom. The van der Waals surface area contributed by atoms with E-state index in [2.05, 4.69) is 35.6 Å². The monoisotopic (exact) mass is 181 g/mol. The molecule has 0 radical (unpaired) electrons. The van der Waals surface area contributed by atoms with E-state index in [-0.39, 0.29) is 1.43 Å². The minimum Gasteiger partial charge on any atom is -0.316 e. The molecule has 1 atom stereocenters. The van der Waals surface area contributed by atoms with Crippen LogP contribution in [0.5, 0.6) is 0 Å². The van der Waals surface area contributed by atoms with Crippen molar-refractivity contribution in [3.05, 3.63) is 30.3 Å². The van der Waals surface area contributed by atoms with Crippen LogP contribution in [0.3, 0.4) is 0 Å². The van der Waals surface area contributed by atoms with E-state index in [0.29, 0.717) is 0 Å². The first-order valence-corrected chi connectivity index (χ1v) is 5.25. The lowest BCUT2D eigenvalue weighted by atomic mass is 10.4. The van der Waals surface area contributed by atoms with Crippen molar-refractivity contribution in [1.29, 1.82) is 0 Å². The van der Waals surface area contributed by atoms with Crippen molar-refractivity contribution in [1.82, 2.24) is 5.32 Å². The van der Waals surface area contributed by atoms with E-state index < -0.39 is 0 Å². The summed E-state index contributed by atoms with van der Waals surface area (Å²) < 4.78 is 0. The van der Waals surface area contributed by atoms with Crippen LogP contribution < -0.4 is 5.32 Å². The fraction of sp³-hybridized carbons (Fsp3) is 0.400. The molecule has 1 aliphatic rings. The molecule has 1 aliphatic heterocycles. The highest BCUT2D eigenvalue weighted by Gasteiger charge is 2.14. The molecule has 1 N–H and O–H groups in total. The summed E-state index contributed by atoms with van der Waals surface area (Å²) in [6.07, 6.45) is 1.31. The third-order valence-corrected chi connectivity index (χ3v) is 3.34. The molecule has 1 aromatic rings. The molecule has 1 aromatic carbocycles. The van der Waals surface area contributed by atoms with Gasteiger partial charge in [-0.2, -0.15) is 0 Å². The minimum absolute atomic E-state index is 0. The molecule has 0 unspecified atom stereocenters. The minimum atomic E-state index is 0. The highest BCUT2D eigenvalue weighted by atomic mass is 32.2. The number of nitrogens with one attached hydrogen (secondary N) is 1. The largest absolute Gasteiger partial charge is 0.316 e. The Hall–Kier alpha value is -0.470. The molecular formula is C10H15NS. The summed E-state index contributed by atoms with van der Waals surface area (Å²) in [6, 6.07) is 10.6. The fourth-order valence-corrected chi connectivity index (χ4v) is 2.56. The van der Waals surface area contributed by atoms with Crippen molar-refractivity contribution in [3.8, 4) is 0 Å². The van der Waals surface area contributed by atoms with Crippen molar-refractivity contribution >= 4 is 11.8 Å². The molecule has 1 fully saturated rings. The Morgan fingerprint density at radius 2 is 2.17 bits per heavy atom. The second kappa shape index (κ2) is 3.97. The van der Waals surface area contributed by atoms with Gasteiger partial charge in [0.2, 0.25) is 0 Å². The van der Waals surface area contributed by atoms with Gasteiger partial charge < -0.3 is 5.32 Å². The van der Waals surface area contributed by atoms with E-state index in [4.69, 9.17) is 0 Å². The molecule has 1 heterocycles. The van der Waals surface area contributed by atoms with Crippen molar-refractivity contribution in [2.75, 3.05) is 13.1 Å². The van der Waals surface area contributed by atoms with Gasteiger partial charge in [-0.1, -0.05) is 18.2 Å². The maximum Gasteiger partial charge on any atom is 0.0231 e. The predicted molar refractivity (Wildman–Crippen MR) is 55.7 cm³/mol. The lowest BCUT2D eigenvalue weighted by Crippen LogP contribution is -2.09. The Labute approximate surface area is 79.0 Å². The highest BCUT2D eigenvalue weighted by Crippen LogP contribution is 2.26. The van der Waals surface area contributed by atoms with E-state index in [1.54, 1.807) is 0 Å². The molecule has 66 valence electrons. The van der Waals surface area contributed by atoms with Crippen LogP contribution in [0.15, 0.2) is 35.2 Å². The first kappa shape index (κ1) is 8.14. The van der Waals surface area contributed by atoms with Crippen LogP contribution in [0.1, 0.15) is 7.85 Å². The quantitative estimate of drug-likeness (QED) is 0.752. The van der Waals surface area contributed by atoms with E-state index in [1.165, 1.54) is 24.4 Å².